The van der Waals surface area contributed by atoms with Crippen molar-refractivity contribution in [3.8, 4) is 0 Å². The average molecular weight is 257 g/mol. The van der Waals surface area contributed by atoms with Crippen LogP contribution in [0.25, 0.3) is 0 Å². The molecule has 6 heteroatoms. The number of hydrogen-bond acceptors (Lipinski definition) is 2. The van der Waals surface area contributed by atoms with Crippen LogP contribution in [-0.4, -0.2) is 13.0 Å². The molecule has 0 aliphatic rings. The SMILES string of the molecule is O=S(=O)(O)F.[Gd]. The van der Waals surface area contributed by atoms with Gasteiger partial charge in [0.1, 0.15) is 0 Å². The largest absolute Gasteiger partial charge is 0.435 e. The van der Waals surface area contributed by atoms with Crippen molar-refractivity contribution >= 4 is 10.5 Å². The van der Waals surface area contributed by atoms with Crippen molar-refractivity contribution in [3.05, 3.63) is 0 Å². The van der Waals surface area contributed by atoms with Gasteiger partial charge in [0.15, 0.2) is 0 Å². The molecule has 0 spiro atoms. The molecule has 0 radical (unpaired) electrons. The fraction of sp³-hybridized carbons (Fsp3) is 0. The van der Waals surface area contributed by atoms with Crippen LogP contribution in [0.15, 0.2) is 0 Å². The van der Waals surface area contributed by atoms with Crippen molar-refractivity contribution in [3.63, 3.8) is 0 Å². The Kier molecular flexibility index (Phi) is 5.45. The molecule has 0 aliphatic heterocycles. The first-order chi connectivity index (χ1) is 2.00. The van der Waals surface area contributed by atoms with E-state index in [-0.39, 0.29) is 39.9 Å². The van der Waals surface area contributed by atoms with Crippen LogP contribution < -0.4 is 0 Å². The summed E-state index contributed by atoms with van der Waals surface area (Å²) < 4.78 is 34.1. The Labute approximate surface area is 66.6 Å². The van der Waals surface area contributed by atoms with Crippen LogP contribution >= 0.6 is 0 Å². The third kappa shape index (κ3) is 66.0. The minimum Gasteiger partial charge on any atom is -0.260 e. The molecule has 0 aromatic heterocycles. The van der Waals surface area contributed by atoms with Crippen LogP contribution in [0.5, 0.6) is 0 Å². The van der Waals surface area contributed by atoms with E-state index in [0.717, 1.165) is 0 Å². The Morgan fingerprint density at radius 1 is 1.50 bits per heavy atom. The van der Waals surface area contributed by atoms with E-state index >= 15 is 0 Å². The second kappa shape index (κ2) is 3.20. The van der Waals surface area contributed by atoms with Gasteiger partial charge >= 0.3 is 10.5 Å². The standard InChI is InChI=1S/FHO3S.Gd/c1-5(2,3)4;/h(H,2,3,4);. The van der Waals surface area contributed by atoms with E-state index in [1.54, 1.807) is 0 Å². The van der Waals surface area contributed by atoms with Crippen LogP contribution in [0.4, 0.5) is 3.89 Å². The zero-order chi connectivity index (χ0) is 4.50. The summed E-state index contributed by atoms with van der Waals surface area (Å²) in [6.45, 7) is 0. The maximum Gasteiger partial charge on any atom is 0.435 e. The van der Waals surface area contributed by atoms with Gasteiger partial charge in [0, 0.05) is 39.9 Å². The smallest absolute Gasteiger partial charge is 0.260 e. The van der Waals surface area contributed by atoms with Crippen LogP contribution in [0.2, 0.25) is 0 Å². The van der Waals surface area contributed by atoms with Gasteiger partial charge in [0.05, 0.1) is 0 Å². The third-order valence-corrected chi connectivity index (χ3v) is 0. The summed E-state index contributed by atoms with van der Waals surface area (Å²) in [5.74, 6) is 0. The first-order valence-corrected chi connectivity index (χ1v) is 2.01. The van der Waals surface area contributed by atoms with Crippen LogP contribution in [0, 0.1) is 39.9 Å². The van der Waals surface area contributed by atoms with E-state index in [0.29, 0.717) is 0 Å². The van der Waals surface area contributed by atoms with Gasteiger partial charge in [-0.2, -0.15) is 8.42 Å². The summed E-state index contributed by atoms with van der Waals surface area (Å²) in [7, 11) is -5.17. The number of hydrogen-bond donors (Lipinski definition) is 1. The van der Waals surface area contributed by atoms with Crippen molar-refractivity contribution in [2.24, 2.45) is 0 Å². The number of halogens is 1. The van der Waals surface area contributed by atoms with E-state index in [4.69, 9.17) is 13.0 Å². The normalized spacial score (nSPS) is 9.67. The molecule has 1 N–H and O–H groups in total. The molecule has 3 nitrogen and oxygen atoms in total. The van der Waals surface area contributed by atoms with Crippen molar-refractivity contribution in [1.82, 2.24) is 0 Å². The Morgan fingerprint density at radius 3 is 1.50 bits per heavy atom. The Hall–Kier alpha value is 1.16. The minimum atomic E-state index is -5.17. The van der Waals surface area contributed by atoms with E-state index in [9.17, 15) is 3.89 Å². The molecule has 0 saturated carbocycles. The third-order valence-electron chi connectivity index (χ3n) is 0. The van der Waals surface area contributed by atoms with Crippen LogP contribution in [-0.2, 0) is 10.5 Å². The van der Waals surface area contributed by atoms with Gasteiger partial charge in [0.25, 0.3) is 0 Å². The molecule has 0 aromatic carbocycles. The zero-order valence-corrected chi connectivity index (χ0v) is 5.49. The molecule has 0 aromatic rings. The molecule has 0 unspecified atom stereocenters. The molecule has 0 amide bonds. The van der Waals surface area contributed by atoms with Gasteiger partial charge in [0.2, 0.25) is 0 Å². The fourth-order valence-electron chi connectivity index (χ4n) is 0. The molecular formula is HFGdO3S. The first-order valence-electron chi connectivity index (χ1n) is 0.670. The average Bonchev–Trinajstić information content (AvgIpc) is 0.722. The fourth-order valence-corrected chi connectivity index (χ4v) is 0. The summed E-state index contributed by atoms with van der Waals surface area (Å²) in [4.78, 5) is 0. The molecular weight excluding hydrogens is 256 g/mol. The predicted octanol–water partition coefficient (Wildman–Crippen LogP) is -0.241. The molecule has 0 fully saturated rings. The van der Waals surface area contributed by atoms with E-state index < -0.39 is 10.5 Å². The molecule has 40 valence electrons. The Balaban J connectivity index is 0. The van der Waals surface area contributed by atoms with E-state index in [1.807, 2.05) is 0 Å². The maximum atomic E-state index is 10.2. The van der Waals surface area contributed by atoms with Crippen molar-refractivity contribution in [2.45, 2.75) is 0 Å². The van der Waals surface area contributed by atoms with Gasteiger partial charge in [-0.3, -0.25) is 4.55 Å². The van der Waals surface area contributed by atoms with Crippen molar-refractivity contribution in [2.75, 3.05) is 0 Å². The first kappa shape index (κ1) is 10.2. The molecule has 0 aliphatic carbocycles. The summed E-state index contributed by atoms with van der Waals surface area (Å²) in [6.07, 6.45) is 0. The summed E-state index contributed by atoms with van der Waals surface area (Å²) >= 11 is 0. The Bertz CT molecular complexity index is 94.0. The quantitative estimate of drug-likeness (QED) is 0.481. The predicted molar refractivity (Wildman–Crippen MR) is 12.7 cm³/mol. The van der Waals surface area contributed by atoms with E-state index in [2.05, 4.69) is 0 Å². The summed E-state index contributed by atoms with van der Waals surface area (Å²) in [5.41, 5.74) is 0. The monoisotopic (exact) mass is 258 g/mol. The second-order valence-electron chi connectivity index (χ2n) is 0.412. The second-order valence-corrected chi connectivity index (χ2v) is 1.24. The molecule has 0 bridgehead atoms. The van der Waals surface area contributed by atoms with E-state index in [1.165, 1.54) is 0 Å². The van der Waals surface area contributed by atoms with Gasteiger partial charge in [-0.1, -0.05) is 3.89 Å². The topological polar surface area (TPSA) is 54.4 Å². The molecule has 0 heterocycles. The maximum absolute atomic E-state index is 10.2. The van der Waals surface area contributed by atoms with Gasteiger partial charge < -0.3 is 0 Å². The van der Waals surface area contributed by atoms with Crippen LogP contribution in [0.1, 0.15) is 0 Å². The summed E-state index contributed by atoms with van der Waals surface area (Å²) in [6, 6.07) is 0. The Morgan fingerprint density at radius 2 is 1.50 bits per heavy atom. The zero-order valence-electron chi connectivity index (χ0n) is 2.40. The van der Waals surface area contributed by atoms with Gasteiger partial charge in [-0.25, -0.2) is 0 Å². The summed E-state index contributed by atoms with van der Waals surface area (Å²) in [5, 5.41) is 0. The van der Waals surface area contributed by atoms with Gasteiger partial charge in [-0.15, -0.1) is 0 Å². The number of rotatable bonds is 0. The molecule has 0 atom stereocenters. The van der Waals surface area contributed by atoms with Crippen molar-refractivity contribution in [1.29, 1.82) is 0 Å². The molecule has 0 rings (SSSR count). The molecule has 0 saturated heterocycles. The van der Waals surface area contributed by atoms with Crippen LogP contribution in [0.3, 0.4) is 0 Å². The minimum absolute atomic E-state index is 0. The molecule has 6 heavy (non-hydrogen) atoms. The van der Waals surface area contributed by atoms with Crippen molar-refractivity contribution < 1.29 is 56.8 Å². The van der Waals surface area contributed by atoms with Gasteiger partial charge in [-0.05, 0) is 0 Å².